The van der Waals surface area contributed by atoms with Crippen molar-refractivity contribution in [3.05, 3.63) is 12.2 Å². The number of aliphatic carboxylic acids is 1. The first-order valence-corrected chi connectivity index (χ1v) is 5.48. The van der Waals surface area contributed by atoms with E-state index in [9.17, 15) is 18.4 Å². The molecule has 1 aliphatic heterocycles. The van der Waals surface area contributed by atoms with E-state index in [1.54, 1.807) is 0 Å². The number of likely N-dealkylation sites (tertiary alicyclic amines) is 1. The molecule has 2 atom stereocenters. The fourth-order valence-corrected chi connectivity index (χ4v) is 2.63. The van der Waals surface area contributed by atoms with Crippen LogP contribution in [-0.2, 0) is 9.59 Å². The van der Waals surface area contributed by atoms with E-state index in [2.05, 4.69) is 0 Å². The van der Waals surface area contributed by atoms with Crippen molar-refractivity contribution >= 4 is 11.9 Å². The highest BCUT2D eigenvalue weighted by molar-refractivity contribution is 5.94. The zero-order valence-corrected chi connectivity index (χ0v) is 9.10. The second-order valence-electron chi connectivity index (χ2n) is 4.58. The highest BCUT2D eigenvalue weighted by Gasteiger charge is 2.54. The monoisotopic (exact) mass is 245 g/mol. The number of rotatable bonds is 2. The first-order valence-electron chi connectivity index (χ1n) is 5.48. The average Bonchev–Trinajstić information content (AvgIpc) is 2.77. The molecule has 2 unspecified atom stereocenters. The fourth-order valence-electron chi connectivity index (χ4n) is 2.63. The molecule has 2 rings (SSSR count). The Morgan fingerprint density at radius 3 is 2.59 bits per heavy atom. The second kappa shape index (κ2) is 4.09. The largest absolute Gasteiger partial charge is 0.478 e. The summed E-state index contributed by atoms with van der Waals surface area (Å²) in [4.78, 5) is 23.1. The standard InChI is InChI=1S/C11H13F2NO3/c12-11(13)4-3-7-5-14(6-8(7)11)9(15)1-2-10(16)17/h1-2,7-8H,3-6H2,(H,16,17)/b2-1+. The van der Waals surface area contributed by atoms with Gasteiger partial charge in [0, 0.05) is 37.6 Å². The average molecular weight is 245 g/mol. The zero-order valence-electron chi connectivity index (χ0n) is 9.10. The third-order valence-corrected chi connectivity index (χ3v) is 3.51. The summed E-state index contributed by atoms with van der Waals surface area (Å²) in [5, 5.41) is 8.37. The third kappa shape index (κ3) is 2.30. The highest BCUT2D eigenvalue weighted by Crippen LogP contribution is 2.48. The lowest BCUT2D eigenvalue weighted by Crippen LogP contribution is -2.32. The molecule has 0 aromatic rings. The molecule has 1 amide bonds. The Morgan fingerprint density at radius 2 is 2.00 bits per heavy atom. The molecule has 1 aliphatic carbocycles. The lowest BCUT2D eigenvalue weighted by Gasteiger charge is -2.19. The van der Waals surface area contributed by atoms with E-state index in [0.717, 1.165) is 12.2 Å². The van der Waals surface area contributed by atoms with Crippen LogP contribution in [0.5, 0.6) is 0 Å². The molecule has 1 saturated heterocycles. The summed E-state index contributed by atoms with van der Waals surface area (Å²) < 4.78 is 26.8. The fraction of sp³-hybridized carbons (Fsp3) is 0.636. The Balaban J connectivity index is 1.99. The number of carboxylic acids is 1. The van der Waals surface area contributed by atoms with Gasteiger partial charge in [-0.15, -0.1) is 0 Å². The van der Waals surface area contributed by atoms with Crippen molar-refractivity contribution in [3.8, 4) is 0 Å². The number of amides is 1. The maximum Gasteiger partial charge on any atom is 0.328 e. The smallest absolute Gasteiger partial charge is 0.328 e. The summed E-state index contributed by atoms with van der Waals surface area (Å²) in [6.45, 7) is 0.337. The number of fused-ring (bicyclic) bond motifs is 1. The van der Waals surface area contributed by atoms with Crippen LogP contribution in [0.1, 0.15) is 12.8 Å². The highest BCUT2D eigenvalue weighted by atomic mass is 19.3. The summed E-state index contributed by atoms with van der Waals surface area (Å²) in [6.07, 6.45) is 1.98. The summed E-state index contributed by atoms with van der Waals surface area (Å²) in [5.41, 5.74) is 0. The number of carbonyl (C=O) groups is 2. The number of carboxylic acid groups (broad SMARTS) is 1. The van der Waals surface area contributed by atoms with E-state index in [4.69, 9.17) is 5.11 Å². The van der Waals surface area contributed by atoms with Gasteiger partial charge >= 0.3 is 5.97 Å². The van der Waals surface area contributed by atoms with E-state index < -0.39 is 23.7 Å². The van der Waals surface area contributed by atoms with Crippen LogP contribution in [0.2, 0.25) is 0 Å². The van der Waals surface area contributed by atoms with Crippen molar-refractivity contribution in [3.63, 3.8) is 0 Å². The predicted octanol–water partition coefficient (Wildman–Crippen LogP) is 1.13. The van der Waals surface area contributed by atoms with Crippen LogP contribution >= 0.6 is 0 Å². The molecule has 0 aromatic carbocycles. The summed E-state index contributed by atoms with van der Waals surface area (Å²) in [5.74, 6) is -5.31. The van der Waals surface area contributed by atoms with Crippen LogP contribution in [0, 0.1) is 11.8 Å². The van der Waals surface area contributed by atoms with Gasteiger partial charge in [0.05, 0.1) is 0 Å². The minimum absolute atomic E-state index is 0.0282. The summed E-state index contributed by atoms with van der Waals surface area (Å²) in [6, 6.07) is 0. The van der Waals surface area contributed by atoms with Crippen LogP contribution in [0.25, 0.3) is 0 Å². The van der Waals surface area contributed by atoms with Gasteiger partial charge in [-0.2, -0.15) is 0 Å². The molecule has 6 heteroatoms. The second-order valence-corrected chi connectivity index (χ2v) is 4.58. The zero-order chi connectivity index (χ0) is 12.6. The van der Waals surface area contributed by atoms with Crippen molar-refractivity contribution in [2.75, 3.05) is 13.1 Å². The van der Waals surface area contributed by atoms with Crippen LogP contribution in [0.3, 0.4) is 0 Å². The van der Waals surface area contributed by atoms with E-state index in [1.807, 2.05) is 0 Å². The van der Waals surface area contributed by atoms with Gasteiger partial charge in [-0.1, -0.05) is 0 Å². The Bertz CT molecular complexity index is 381. The van der Waals surface area contributed by atoms with Gasteiger partial charge in [0.2, 0.25) is 5.91 Å². The number of alkyl halides is 2. The van der Waals surface area contributed by atoms with Crippen LogP contribution in [0.4, 0.5) is 8.78 Å². The number of nitrogens with zero attached hydrogens (tertiary/aromatic N) is 1. The minimum atomic E-state index is -2.68. The predicted molar refractivity (Wildman–Crippen MR) is 54.5 cm³/mol. The molecule has 0 radical (unpaired) electrons. The summed E-state index contributed by atoms with van der Waals surface area (Å²) >= 11 is 0. The topological polar surface area (TPSA) is 57.6 Å². The minimum Gasteiger partial charge on any atom is -0.478 e. The Kier molecular flexibility index (Phi) is 2.89. The van der Waals surface area contributed by atoms with Gasteiger partial charge in [-0.05, 0) is 12.3 Å². The Hall–Kier alpha value is -1.46. The third-order valence-electron chi connectivity index (χ3n) is 3.51. The Morgan fingerprint density at radius 1 is 1.29 bits per heavy atom. The molecule has 0 aromatic heterocycles. The first kappa shape index (κ1) is 12.0. The number of hydrogen-bond donors (Lipinski definition) is 1. The molecule has 0 bridgehead atoms. The van der Waals surface area contributed by atoms with Crippen molar-refractivity contribution in [1.82, 2.24) is 4.90 Å². The lowest BCUT2D eigenvalue weighted by molar-refractivity contribution is -0.132. The SMILES string of the molecule is O=C(O)/C=C/C(=O)N1CC2CCC(F)(F)C2C1. The maximum atomic E-state index is 13.4. The molecule has 2 aliphatic rings. The van der Waals surface area contributed by atoms with Gasteiger partial charge in [-0.3, -0.25) is 4.79 Å². The molecule has 4 nitrogen and oxygen atoms in total. The van der Waals surface area contributed by atoms with Crippen molar-refractivity contribution in [2.24, 2.45) is 11.8 Å². The van der Waals surface area contributed by atoms with Gasteiger partial charge in [-0.25, -0.2) is 13.6 Å². The van der Waals surface area contributed by atoms with Gasteiger partial charge in [0.1, 0.15) is 0 Å². The molecule has 17 heavy (non-hydrogen) atoms. The molecular formula is C11H13F2NO3. The van der Waals surface area contributed by atoms with Gasteiger partial charge in [0.25, 0.3) is 5.92 Å². The molecule has 94 valence electrons. The normalized spacial score (nSPS) is 30.8. The van der Waals surface area contributed by atoms with Crippen molar-refractivity contribution in [1.29, 1.82) is 0 Å². The first-order chi connectivity index (χ1) is 7.90. The molecule has 1 N–H and O–H groups in total. The van der Waals surface area contributed by atoms with E-state index in [0.29, 0.717) is 13.0 Å². The van der Waals surface area contributed by atoms with Gasteiger partial charge < -0.3 is 10.0 Å². The maximum absolute atomic E-state index is 13.4. The van der Waals surface area contributed by atoms with Crippen LogP contribution in [-0.4, -0.2) is 40.9 Å². The van der Waals surface area contributed by atoms with Gasteiger partial charge in [0.15, 0.2) is 0 Å². The van der Waals surface area contributed by atoms with Crippen molar-refractivity contribution < 1.29 is 23.5 Å². The van der Waals surface area contributed by atoms with E-state index >= 15 is 0 Å². The molecule has 2 fully saturated rings. The molecule has 1 saturated carbocycles. The molecular weight excluding hydrogens is 232 g/mol. The van der Waals surface area contributed by atoms with Crippen LogP contribution in [0.15, 0.2) is 12.2 Å². The summed E-state index contributed by atoms with van der Waals surface area (Å²) in [7, 11) is 0. The van der Waals surface area contributed by atoms with Crippen molar-refractivity contribution in [2.45, 2.75) is 18.8 Å². The lowest BCUT2D eigenvalue weighted by atomic mass is 9.99. The van der Waals surface area contributed by atoms with E-state index in [-0.39, 0.29) is 18.9 Å². The number of halogens is 2. The number of carbonyl (C=O) groups excluding carboxylic acids is 1. The molecule has 0 spiro atoms. The number of hydrogen-bond acceptors (Lipinski definition) is 2. The Labute approximate surface area is 96.9 Å². The van der Waals surface area contributed by atoms with Crippen LogP contribution < -0.4 is 0 Å². The van der Waals surface area contributed by atoms with E-state index in [1.165, 1.54) is 4.90 Å². The molecule has 1 heterocycles. The quantitative estimate of drug-likeness (QED) is 0.742.